The fourth-order valence-corrected chi connectivity index (χ4v) is 8.06. The summed E-state index contributed by atoms with van der Waals surface area (Å²) in [6.45, 7) is -0.699. The molecule has 9 nitrogen and oxygen atoms in total. The number of carbonyl (C=O) groups is 2. The third-order valence-electron chi connectivity index (χ3n) is 8.84. The van der Waals surface area contributed by atoms with Gasteiger partial charge in [-0.15, -0.1) is 0 Å². The second-order valence-electron chi connectivity index (χ2n) is 12.2. The molecule has 1 aliphatic carbocycles. The van der Waals surface area contributed by atoms with Gasteiger partial charge in [-0.05, 0) is 60.4 Å². The number of nitrogens with zero attached hydrogens (tertiary/aromatic N) is 2. The molecule has 1 unspecified atom stereocenters. The number of rotatable bonds is 14. The summed E-state index contributed by atoms with van der Waals surface area (Å²) >= 11 is 12.9. The molecule has 1 fully saturated rings. The second-order valence-corrected chi connectivity index (χ2v) is 14.9. The number of methoxy groups -OCH3 is 2. The van der Waals surface area contributed by atoms with Crippen molar-refractivity contribution in [2.75, 3.05) is 25.1 Å². The standard InChI is InChI=1S/C38H41Cl2N3O6S/c1-48-35-21-20-31(24-36(35)49-2)43(50(46,47)32-16-10-5-11-17-32)26-37(44)42(25-28-18-19-29(39)23-33(28)40)34(22-27-12-6-3-7-13-27)38(45)41-30-14-8-4-9-15-30/h3,5-7,10-13,16-21,23-24,30,34H,4,8-9,14-15,22,25-26H2,1-2H3,(H,41,45). The minimum atomic E-state index is -4.30. The van der Waals surface area contributed by atoms with Gasteiger partial charge in [0.05, 0.1) is 24.8 Å². The van der Waals surface area contributed by atoms with Crippen LogP contribution in [0.3, 0.4) is 0 Å². The highest BCUT2D eigenvalue weighted by Crippen LogP contribution is 2.34. The predicted octanol–water partition coefficient (Wildman–Crippen LogP) is 7.29. The van der Waals surface area contributed by atoms with Gasteiger partial charge in [-0.1, -0.05) is 97.1 Å². The average molecular weight is 739 g/mol. The van der Waals surface area contributed by atoms with Crippen molar-refractivity contribution < 1.29 is 27.5 Å². The SMILES string of the molecule is COc1ccc(N(CC(=O)N(Cc2ccc(Cl)cc2Cl)C(Cc2ccccc2)C(=O)NC2CCCCC2)S(=O)(=O)c2ccccc2)cc1OC. The van der Waals surface area contributed by atoms with E-state index in [1.165, 1.54) is 37.3 Å². The number of anilines is 1. The van der Waals surface area contributed by atoms with Crippen LogP contribution in [-0.2, 0) is 32.6 Å². The van der Waals surface area contributed by atoms with E-state index in [4.69, 9.17) is 32.7 Å². The highest BCUT2D eigenvalue weighted by molar-refractivity contribution is 7.92. The molecule has 0 bridgehead atoms. The van der Waals surface area contributed by atoms with Crippen molar-refractivity contribution in [1.82, 2.24) is 10.2 Å². The molecule has 1 atom stereocenters. The van der Waals surface area contributed by atoms with E-state index in [1.54, 1.807) is 48.5 Å². The Morgan fingerprint density at radius 1 is 0.840 bits per heavy atom. The Balaban J connectivity index is 1.60. The Morgan fingerprint density at radius 3 is 2.14 bits per heavy atom. The number of ether oxygens (including phenoxy) is 2. The summed E-state index contributed by atoms with van der Waals surface area (Å²) in [7, 11) is -1.38. The van der Waals surface area contributed by atoms with Crippen molar-refractivity contribution in [3.8, 4) is 11.5 Å². The smallest absolute Gasteiger partial charge is 0.264 e. The number of sulfonamides is 1. The summed E-state index contributed by atoms with van der Waals surface area (Å²) in [4.78, 5) is 30.5. The van der Waals surface area contributed by atoms with Crippen LogP contribution in [0.1, 0.15) is 43.2 Å². The van der Waals surface area contributed by atoms with E-state index >= 15 is 0 Å². The highest BCUT2D eigenvalue weighted by atomic mass is 35.5. The number of halogens is 2. The van der Waals surface area contributed by atoms with E-state index in [-0.39, 0.29) is 41.2 Å². The van der Waals surface area contributed by atoms with Gasteiger partial charge in [-0.2, -0.15) is 0 Å². The molecule has 264 valence electrons. The lowest BCUT2D eigenvalue weighted by Crippen LogP contribution is -2.55. The third-order valence-corrected chi connectivity index (χ3v) is 11.2. The molecule has 12 heteroatoms. The van der Waals surface area contributed by atoms with Crippen LogP contribution in [0.5, 0.6) is 11.5 Å². The molecule has 4 aromatic carbocycles. The maximum Gasteiger partial charge on any atom is 0.264 e. The van der Waals surface area contributed by atoms with Crippen molar-refractivity contribution in [2.24, 2.45) is 0 Å². The lowest BCUT2D eigenvalue weighted by molar-refractivity contribution is -0.140. The summed E-state index contributed by atoms with van der Waals surface area (Å²) in [5, 5.41) is 3.94. The van der Waals surface area contributed by atoms with Crippen molar-refractivity contribution >= 4 is 50.7 Å². The Kier molecular flexibility index (Phi) is 12.7. The number of hydrogen-bond donors (Lipinski definition) is 1. The molecular formula is C38H41Cl2N3O6S. The first kappa shape index (κ1) is 37.0. The van der Waals surface area contributed by atoms with Crippen LogP contribution in [0.25, 0.3) is 0 Å². The first-order chi connectivity index (χ1) is 24.1. The first-order valence-corrected chi connectivity index (χ1v) is 18.7. The van der Waals surface area contributed by atoms with E-state index in [0.29, 0.717) is 21.4 Å². The Morgan fingerprint density at radius 2 is 1.50 bits per heavy atom. The number of carbonyl (C=O) groups excluding carboxylic acids is 2. The molecule has 1 N–H and O–H groups in total. The summed E-state index contributed by atoms with van der Waals surface area (Å²) in [5.41, 5.74) is 1.57. The van der Waals surface area contributed by atoms with Gasteiger partial charge in [0.15, 0.2) is 11.5 Å². The molecule has 0 spiro atoms. The van der Waals surface area contributed by atoms with E-state index < -0.39 is 28.5 Å². The van der Waals surface area contributed by atoms with Gasteiger partial charge in [0.1, 0.15) is 12.6 Å². The van der Waals surface area contributed by atoms with Gasteiger partial charge in [0.25, 0.3) is 10.0 Å². The van der Waals surface area contributed by atoms with E-state index in [2.05, 4.69) is 5.32 Å². The van der Waals surface area contributed by atoms with Crippen LogP contribution in [0.15, 0.2) is 102 Å². The van der Waals surface area contributed by atoms with Crippen LogP contribution in [-0.4, -0.2) is 58.0 Å². The van der Waals surface area contributed by atoms with Gasteiger partial charge in [-0.3, -0.25) is 13.9 Å². The molecule has 1 saturated carbocycles. The van der Waals surface area contributed by atoms with Crippen LogP contribution >= 0.6 is 23.2 Å². The largest absolute Gasteiger partial charge is 0.493 e. The highest BCUT2D eigenvalue weighted by Gasteiger charge is 2.36. The molecule has 0 heterocycles. The van der Waals surface area contributed by atoms with E-state index in [9.17, 15) is 18.0 Å². The van der Waals surface area contributed by atoms with Crippen molar-refractivity contribution in [1.29, 1.82) is 0 Å². The maximum absolute atomic E-state index is 14.8. The number of hydrogen-bond acceptors (Lipinski definition) is 6. The van der Waals surface area contributed by atoms with E-state index in [0.717, 1.165) is 42.0 Å². The fraction of sp³-hybridized carbons (Fsp3) is 0.316. The lowest BCUT2D eigenvalue weighted by atomic mass is 9.94. The van der Waals surface area contributed by atoms with Crippen LogP contribution < -0.4 is 19.1 Å². The molecule has 0 aromatic heterocycles. The molecule has 0 aliphatic heterocycles. The molecule has 5 rings (SSSR count). The summed E-state index contributed by atoms with van der Waals surface area (Å²) < 4.78 is 40.5. The Labute approximate surface area is 304 Å². The van der Waals surface area contributed by atoms with Gasteiger partial charge in [0, 0.05) is 35.1 Å². The molecular weight excluding hydrogens is 697 g/mol. The molecule has 0 radical (unpaired) electrons. The van der Waals surface area contributed by atoms with Crippen LogP contribution in [0.4, 0.5) is 5.69 Å². The van der Waals surface area contributed by atoms with Gasteiger partial charge < -0.3 is 19.7 Å². The predicted molar refractivity (Wildman–Crippen MR) is 196 cm³/mol. The van der Waals surface area contributed by atoms with Crippen molar-refractivity contribution in [3.05, 3.63) is 118 Å². The topological polar surface area (TPSA) is 105 Å². The summed E-state index contributed by atoms with van der Waals surface area (Å²) in [5.74, 6) is -0.252. The van der Waals surface area contributed by atoms with Gasteiger partial charge in [-0.25, -0.2) is 8.42 Å². The van der Waals surface area contributed by atoms with Crippen LogP contribution in [0.2, 0.25) is 10.0 Å². The zero-order valence-corrected chi connectivity index (χ0v) is 30.4. The monoisotopic (exact) mass is 737 g/mol. The summed E-state index contributed by atoms with van der Waals surface area (Å²) in [6.07, 6.45) is 5.02. The fourth-order valence-electron chi connectivity index (χ4n) is 6.16. The molecule has 2 amide bonds. The zero-order valence-electron chi connectivity index (χ0n) is 28.1. The van der Waals surface area contributed by atoms with Gasteiger partial charge in [0.2, 0.25) is 11.8 Å². The first-order valence-electron chi connectivity index (χ1n) is 16.5. The Bertz CT molecular complexity index is 1870. The van der Waals surface area contributed by atoms with Gasteiger partial charge >= 0.3 is 0 Å². The summed E-state index contributed by atoms with van der Waals surface area (Å²) in [6, 6.07) is 25.8. The Hall–Kier alpha value is -4.25. The number of benzene rings is 4. The number of amides is 2. The minimum absolute atomic E-state index is 0.00856. The molecule has 50 heavy (non-hydrogen) atoms. The van der Waals surface area contributed by atoms with Crippen molar-refractivity contribution in [3.63, 3.8) is 0 Å². The zero-order chi connectivity index (χ0) is 35.7. The number of nitrogens with one attached hydrogen (secondary N) is 1. The third kappa shape index (κ3) is 9.10. The average Bonchev–Trinajstić information content (AvgIpc) is 3.13. The van der Waals surface area contributed by atoms with Crippen LogP contribution in [0, 0.1) is 0 Å². The molecule has 0 saturated heterocycles. The van der Waals surface area contributed by atoms with E-state index in [1.807, 2.05) is 30.3 Å². The normalized spacial score (nSPS) is 14.0. The quantitative estimate of drug-likeness (QED) is 0.146. The molecule has 4 aromatic rings. The molecule has 1 aliphatic rings. The van der Waals surface area contributed by atoms with Crippen molar-refractivity contribution in [2.45, 2.75) is 62.0 Å². The second kappa shape index (κ2) is 17.1. The lowest BCUT2D eigenvalue weighted by Gasteiger charge is -2.35. The maximum atomic E-state index is 14.8. The minimum Gasteiger partial charge on any atom is -0.493 e.